The lowest BCUT2D eigenvalue weighted by molar-refractivity contribution is 0.228. The Balaban J connectivity index is 7.19. The Morgan fingerprint density at radius 1 is 0.281 bits per heavy atom. The van der Waals surface area contributed by atoms with Gasteiger partial charge in [-0.05, 0) is 31.9 Å². The lowest BCUT2D eigenvalue weighted by Crippen LogP contribution is -2.72. The molecule has 0 aromatic carbocycles. The molecule has 0 atom stereocenters. The first-order valence-corrected chi connectivity index (χ1v) is 23.1. The summed E-state index contributed by atoms with van der Waals surface area (Å²) in [6.45, 7) is 0. The van der Waals surface area contributed by atoms with Crippen LogP contribution in [-0.4, -0.2) is 36.5 Å². The van der Waals surface area contributed by atoms with Gasteiger partial charge in [-0.3, -0.25) is 0 Å². The zero-order valence-electron chi connectivity index (χ0n) is 13.4. The van der Waals surface area contributed by atoms with E-state index in [0.717, 1.165) is 0 Å². The Morgan fingerprint density at radius 3 is 0.656 bits per heavy atom. The maximum Gasteiger partial charge on any atom is 0.202 e. The van der Waals surface area contributed by atoms with Crippen LogP contribution < -0.4 is 0 Å². The van der Waals surface area contributed by atoms with Gasteiger partial charge in [0, 0.05) is 0 Å². The Labute approximate surface area is 362 Å². The number of halogens is 21. The van der Waals surface area contributed by atoms with E-state index in [1.807, 2.05) is 0 Å². The highest BCUT2D eigenvalue weighted by molar-refractivity contribution is 9.42. The van der Waals surface area contributed by atoms with Crippen molar-refractivity contribution in [3.8, 4) is 0 Å². The lowest BCUT2D eigenvalue weighted by Gasteiger charge is -2.60. The summed E-state index contributed by atoms with van der Waals surface area (Å²) in [5.74, 6) is 0. The smallest absolute Gasteiger partial charge is 0.202 e. The molecule has 0 aliphatic carbocycles. The van der Waals surface area contributed by atoms with Crippen LogP contribution in [0.2, 0.25) is 0 Å². The molecule has 0 saturated heterocycles. The monoisotopic (exact) mass is 1790 g/mol. The molecule has 0 aliphatic rings. The van der Waals surface area contributed by atoms with Gasteiger partial charge in [0.1, 0.15) is 20.5 Å². The highest BCUT2D eigenvalue weighted by atomic mass is 80.0. The van der Waals surface area contributed by atoms with Gasteiger partial charge < -0.3 is 5.11 Å². The molecule has 0 aliphatic heterocycles. The van der Waals surface area contributed by atoms with Crippen LogP contribution >= 0.6 is 335 Å². The minimum Gasteiger partial charge on any atom is -0.368 e. The van der Waals surface area contributed by atoms with Crippen molar-refractivity contribution in [2.45, 2.75) is 31.4 Å². The molecule has 0 fully saturated rings. The summed E-state index contributed by atoms with van der Waals surface area (Å²) in [5.41, 5.74) is 0. The topological polar surface area (TPSA) is 20.2 Å². The zero-order valence-corrected chi connectivity index (χ0v) is 46.7. The molecule has 0 aromatic rings. The molecule has 0 saturated carbocycles. The molecular weight excluding hydrogens is 1810 g/mol. The first-order valence-electron chi connectivity index (χ1n) is 6.44. The quantitative estimate of drug-likeness (QED) is 0.252. The molecule has 1 nitrogen and oxygen atoms in total. The molecule has 0 radical (unpaired) electrons. The molecule has 194 valence electrons. The molecule has 32 heavy (non-hydrogen) atoms. The number of rotatable bonds is 7. The number of hydrogen-bond donors (Lipinski definition) is 1. The molecule has 0 aromatic heterocycles. The van der Waals surface area contributed by atoms with E-state index in [4.69, 9.17) is 0 Å². The third-order valence-electron chi connectivity index (χ3n) is 3.56. The van der Waals surface area contributed by atoms with Crippen LogP contribution in [0.1, 0.15) is 0 Å². The summed E-state index contributed by atoms with van der Waals surface area (Å²) < 4.78 is -11.7. The van der Waals surface area contributed by atoms with E-state index in [-0.39, 0.29) is 0 Å². The third-order valence-corrected chi connectivity index (χ3v) is 41.4. The van der Waals surface area contributed by atoms with Gasteiger partial charge in [0.05, 0.1) is 0 Å². The minimum atomic E-state index is -1.63. The predicted molar refractivity (Wildman–Crippen MR) is 217 cm³/mol. The van der Waals surface area contributed by atoms with Gasteiger partial charge in [-0.2, -0.15) is 0 Å². The van der Waals surface area contributed by atoms with Gasteiger partial charge in [0.25, 0.3) is 0 Å². The van der Waals surface area contributed by atoms with E-state index in [1.165, 1.54) is 0 Å². The molecule has 0 unspecified atom stereocenters. The fourth-order valence-electron chi connectivity index (χ4n) is 1.71. The van der Waals surface area contributed by atoms with E-state index in [2.05, 4.69) is 335 Å². The summed E-state index contributed by atoms with van der Waals surface area (Å²) >= 11 is 77.3. The Bertz CT molecular complexity index is 675. The third kappa shape index (κ3) is 7.36. The van der Waals surface area contributed by atoms with Crippen LogP contribution in [0.5, 0.6) is 0 Å². The van der Waals surface area contributed by atoms with Crippen LogP contribution in [0.15, 0.2) is 0 Å². The Morgan fingerprint density at radius 2 is 0.469 bits per heavy atom. The predicted octanol–water partition coefficient (Wildman–Crippen LogP) is 15.1. The Hall–Kier alpha value is 10.0. The molecule has 1 N–H and O–H groups in total. The lowest BCUT2D eigenvalue weighted by atomic mass is 10.0. The highest BCUT2D eigenvalue weighted by Gasteiger charge is 2.81. The Kier molecular flexibility index (Phi) is 17.6. The summed E-state index contributed by atoms with van der Waals surface area (Å²) in [6.07, 6.45) is 0. The number of alkyl halides is 21. The van der Waals surface area contributed by atoms with E-state index in [1.54, 1.807) is 0 Å². The van der Waals surface area contributed by atoms with Crippen molar-refractivity contribution < 1.29 is 5.11 Å². The molecule has 0 amide bonds. The second-order valence-corrected chi connectivity index (χ2v) is 44.4. The normalized spacial score (nSPS) is 17.1. The summed E-state index contributed by atoms with van der Waals surface area (Å²) in [5, 5.41) is 10.7. The SMILES string of the molecule is OC(Br)(Br)C(Br)(Br)C(Br)(Br)C(Br)(Br)C(Br)(Br)C(Br)(Br)C(Br)(Br)C(Br)(C(Br)(Br)Br)C(Br)(Br)Br. The van der Waals surface area contributed by atoms with Crippen molar-refractivity contribution in [2.75, 3.05) is 0 Å². The van der Waals surface area contributed by atoms with Gasteiger partial charge in [0.15, 0.2) is 7.52 Å². The fourth-order valence-corrected chi connectivity index (χ4v) is 24.7. The zero-order chi connectivity index (χ0) is 27.0. The molecule has 0 bridgehead atoms. The van der Waals surface area contributed by atoms with Gasteiger partial charge in [-0.25, -0.2) is 0 Å². The van der Waals surface area contributed by atoms with Crippen molar-refractivity contribution in [3.05, 3.63) is 0 Å². The molecule has 0 spiro atoms. The van der Waals surface area contributed by atoms with Crippen molar-refractivity contribution in [1.29, 1.82) is 0 Å². The van der Waals surface area contributed by atoms with Crippen LogP contribution in [0, 0.1) is 0 Å². The van der Waals surface area contributed by atoms with Crippen molar-refractivity contribution in [1.82, 2.24) is 0 Å². The molecular formula is C10HBr21O. The van der Waals surface area contributed by atoms with Gasteiger partial charge >= 0.3 is 0 Å². The maximum atomic E-state index is 10.7. The fraction of sp³-hybridized carbons (Fsp3) is 1.00. The van der Waals surface area contributed by atoms with Crippen molar-refractivity contribution in [3.63, 3.8) is 0 Å². The number of aliphatic hydroxyl groups is 1. The van der Waals surface area contributed by atoms with Gasteiger partial charge in [-0.1, -0.05) is 303 Å². The largest absolute Gasteiger partial charge is 0.368 e. The standard InChI is InChI=1S/C10HBr21O/c11-1(8(24,25)26,9(27,28)29)2(12,13)3(14,15)4(16,17)5(18,19)6(20,21)7(22,23)10(30,31)32/h32H. The summed E-state index contributed by atoms with van der Waals surface area (Å²) in [6, 6.07) is 0. The second-order valence-electron chi connectivity index (χ2n) is 5.64. The van der Waals surface area contributed by atoms with E-state index < -0.39 is 31.4 Å². The summed E-state index contributed by atoms with van der Waals surface area (Å²) in [7, 11) is 0. The molecule has 22 heteroatoms. The average molecular weight is 1820 g/mol. The van der Waals surface area contributed by atoms with Crippen LogP contribution in [-0.2, 0) is 0 Å². The van der Waals surface area contributed by atoms with Crippen LogP contribution in [0.25, 0.3) is 0 Å². The second kappa shape index (κ2) is 13.4. The minimum absolute atomic E-state index is 0.936. The van der Waals surface area contributed by atoms with Gasteiger partial charge in [-0.15, -0.1) is 0 Å². The van der Waals surface area contributed by atoms with Crippen LogP contribution in [0.3, 0.4) is 0 Å². The molecule has 0 rings (SSSR count). The van der Waals surface area contributed by atoms with Crippen molar-refractivity contribution >= 4 is 335 Å². The first kappa shape index (κ1) is 42.0. The number of hydrogen-bond acceptors (Lipinski definition) is 1. The van der Waals surface area contributed by atoms with E-state index in [9.17, 15) is 5.11 Å². The highest BCUT2D eigenvalue weighted by Crippen LogP contribution is 2.80. The van der Waals surface area contributed by atoms with Gasteiger partial charge in [0.2, 0.25) is 3.42 Å². The average Bonchev–Trinajstić information content (AvgIpc) is 2.49. The molecule has 0 heterocycles. The summed E-state index contributed by atoms with van der Waals surface area (Å²) in [4.78, 5) is 0. The van der Waals surface area contributed by atoms with Crippen molar-refractivity contribution in [2.24, 2.45) is 0 Å². The van der Waals surface area contributed by atoms with E-state index >= 15 is 0 Å². The first-order chi connectivity index (χ1) is 13.2. The van der Waals surface area contributed by atoms with Crippen LogP contribution in [0.4, 0.5) is 0 Å². The maximum absolute atomic E-state index is 10.7. The van der Waals surface area contributed by atoms with E-state index in [0.29, 0.717) is 0 Å².